The summed E-state index contributed by atoms with van der Waals surface area (Å²) < 4.78 is 1.88. The second kappa shape index (κ2) is 6.66. The van der Waals surface area contributed by atoms with Gasteiger partial charge in [-0.05, 0) is 20.8 Å². The number of benzene rings is 1. The molecule has 1 atom stereocenters. The van der Waals surface area contributed by atoms with Gasteiger partial charge in [-0.25, -0.2) is 4.98 Å². The van der Waals surface area contributed by atoms with Gasteiger partial charge in [0.15, 0.2) is 4.96 Å². The van der Waals surface area contributed by atoms with Crippen molar-refractivity contribution in [3.63, 3.8) is 0 Å². The molecule has 3 aromatic heterocycles. The van der Waals surface area contributed by atoms with Gasteiger partial charge >= 0.3 is 0 Å². The zero-order valence-electron chi connectivity index (χ0n) is 15.7. The molecule has 6 nitrogen and oxygen atoms in total. The number of hydrogen-bond acceptors (Lipinski definition) is 4. The number of carbonyl (C=O) groups excluding carboxylic acids is 1. The highest BCUT2D eigenvalue weighted by Crippen LogP contribution is 2.28. The van der Waals surface area contributed by atoms with Crippen LogP contribution in [-0.2, 0) is 0 Å². The predicted octanol–water partition coefficient (Wildman–Crippen LogP) is 4.24. The molecule has 1 N–H and O–H groups in total. The minimum atomic E-state index is -0.0803. The minimum absolute atomic E-state index is 0.0363. The first-order valence-corrected chi connectivity index (χ1v) is 9.66. The van der Waals surface area contributed by atoms with Gasteiger partial charge in [-0.1, -0.05) is 30.3 Å². The number of aromatic amines is 1. The molecule has 7 heteroatoms. The zero-order chi connectivity index (χ0) is 19.1. The number of nitrogens with one attached hydrogen (secondary N) is 1. The molecule has 0 aliphatic carbocycles. The van der Waals surface area contributed by atoms with Crippen LogP contribution in [0.5, 0.6) is 0 Å². The van der Waals surface area contributed by atoms with Gasteiger partial charge in [-0.15, -0.1) is 11.3 Å². The van der Waals surface area contributed by atoms with Crippen LogP contribution in [0.3, 0.4) is 0 Å². The summed E-state index contributed by atoms with van der Waals surface area (Å²) in [7, 11) is 1.83. The smallest absolute Gasteiger partial charge is 0.271 e. The third-order valence-corrected chi connectivity index (χ3v) is 5.84. The van der Waals surface area contributed by atoms with Crippen LogP contribution in [0.15, 0.2) is 41.9 Å². The normalized spacial score (nSPS) is 12.4. The predicted molar refractivity (Wildman–Crippen MR) is 107 cm³/mol. The molecule has 0 aliphatic rings. The van der Waals surface area contributed by atoms with Crippen LogP contribution in [-0.4, -0.2) is 37.4 Å². The Hall–Kier alpha value is -2.93. The SMILES string of the molecule is Cc1n[nH]c(C)c1[C@H](C)N(C)C(=O)c1csc2nc(-c3ccccc3)cn12. The number of aryl methyl sites for hydroxylation is 2. The third kappa shape index (κ3) is 2.94. The first-order valence-electron chi connectivity index (χ1n) is 8.78. The van der Waals surface area contributed by atoms with Crippen molar-refractivity contribution in [2.45, 2.75) is 26.8 Å². The monoisotopic (exact) mass is 379 g/mol. The Kier molecular flexibility index (Phi) is 4.31. The Morgan fingerprint density at radius 2 is 2.00 bits per heavy atom. The fourth-order valence-corrected chi connectivity index (χ4v) is 4.26. The largest absolute Gasteiger partial charge is 0.333 e. The number of aromatic nitrogens is 4. The average molecular weight is 379 g/mol. The van der Waals surface area contributed by atoms with Crippen molar-refractivity contribution in [3.8, 4) is 11.3 Å². The molecule has 0 bridgehead atoms. The van der Waals surface area contributed by atoms with Crippen LogP contribution >= 0.6 is 11.3 Å². The van der Waals surface area contributed by atoms with E-state index < -0.39 is 0 Å². The summed E-state index contributed by atoms with van der Waals surface area (Å²) in [6.45, 7) is 5.96. The topological polar surface area (TPSA) is 66.3 Å². The molecule has 0 spiro atoms. The standard InChI is InChI=1S/C20H21N5OS/c1-12-18(13(2)23-22-12)14(3)24(4)19(26)17-11-27-20-21-16(10-25(17)20)15-8-6-5-7-9-15/h5-11,14H,1-4H3,(H,22,23)/t14-/m0/s1. The van der Waals surface area contributed by atoms with Gasteiger partial charge in [0.25, 0.3) is 5.91 Å². The van der Waals surface area contributed by atoms with Gasteiger partial charge in [0.05, 0.1) is 17.4 Å². The summed E-state index contributed by atoms with van der Waals surface area (Å²) in [5.74, 6) is -0.0363. The second-order valence-electron chi connectivity index (χ2n) is 6.71. The Balaban J connectivity index is 1.67. The number of thiazole rings is 1. The van der Waals surface area contributed by atoms with Crippen LogP contribution in [0.1, 0.15) is 40.4 Å². The molecule has 0 saturated heterocycles. The molecule has 0 fully saturated rings. The molecule has 4 rings (SSSR count). The van der Waals surface area contributed by atoms with Crippen molar-refractivity contribution in [2.24, 2.45) is 0 Å². The maximum atomic E-state index is 13.2. The van der Waals surface area contributed by atoms with E-state index in [1.54, 1.807) is 4.90 Å². The molecular weight excluding hydrogens is 358 g/mol. The van der Waals surface area contributed by atoms with Crippen molar-refractivity contribution < 1.29 is 4.79 Å². The van der Waals surface area contributed by atoms with E-state index in [4.69, 9.17) is 0 Å². The molecule has 0 radical (unpaired) electrons. The first kappa shape index (κ1) is 17.5. The minimum Gasteiger partial charge on any atom is -0.333 e. The lowest BCUT2D eigenvalue weighted by Gasteiger charge is -2.25. The molecule has 1 aromatic carbocycles. The Bertz CT molecular complexity index is 1090. The van der Waals surface area contributed by atoms with E-state index >= 15 is 0 Å². The summed E-state index contributed by atoms with van der Waals surface area (Å²) in [5.41, 5.74) is 5.51. The fourth-order valence-electron chi connectivity index (χ4n) is 3.41. The summed E-state index contributed by atoms with van der Waals surface area (Å²) in [4.78, 5) is 20.4. The molecule has 0 aliphatic heterocycles. The van der Waals surface area contributed by atoms with Gasteiger partial charge in [-0.2, -0.15) is 5.10 Å². The van der Waals surface area contributed by atoms with Gasteiger partial charge in [0.1, 0.15) is 5.69 Å². The van der Waals surface area contributed by atoms with Crippen LogP contribution < -0.4 is 0 Å². The van der Waals surface area contributed by atoms with Crippen LogP contribution in [0.25, 0.3) is 16.2 Å². The number of amides is 1. The number of hydrogen-bond donors (Lipinski definition) is 1. The average Bonchev–Trinajstić information content (AvgIpc) is 3.35. The van der Waals surface area contributed by atoms with E-state index in [9.17, 15) is 4.79 Å². The van der Waals surface area contributed by atoms with Gasteiger partial charge in [0, 0.05) is 35.4 Å². The van der Waals surface area contributed by atoms with E-state index in [1.165, 1.54) is 11.3 Å². The second-order valence-corrected chi connectivity index (χ2v) is 7.54. The van der Waals surface area contributed by atoms with Crippen LogP contribution in [0.2, 0.25) is 0 Å². The number of H-pyrrole nitrogens is 1. The van der Waals surface area contributed by atoms with Crippen molar-refractivity contribution >= 4 is 22.2 Å². The van der Waals surface area contributed by atoms with E-state index in [0.717, 1.165) is 33.2 Å². The highest BCUT2D eigenvalue weighted by atomic mass is 32.1. The Morgan fingerprint density at radius 3 is 2.67 bits per heavy atom. The molecule has 4 aromatic rings. The van der Waals surface area contributed by atoms with Crippen molar-refractivity contribution in [1.29, 1.82) is 0 Å². The molecule has 138 valence electrons. The van der Waals surface area contributed by atoms with Crippen molar-refractivity contribution in [1.82, 2.24) is 24.5 Å². The lowest BCUT2D eigenvalue weighted by molar-refractivity contribution is 0.0735. The Morgan fingerprint density at radius 1 is 1.26 bits per heavy atom. The number of fused-ring (bicyclic) bond motifs is 1. The van der Waals surface area contributed by atoms with Crippen LogP contribution in [0.4, 0.5) is 0 Å². The Labute approximate surface area is 161 Å². The number of carbonyl (C=O) groups is 1. The molecule has 3 heterocycles. The van der Waals surface area contributed by atoms with E-state index in [1.807, 2.05) is 74.1 Å². The third-order valence-electron chi connectivity index (χ3n) is 5.00. The molecule has 0 saturated carbocycles. The lowest BCUT2D eigenvalue weighted by atomic mass is 10.1. The van der Waals surface area contributed by atoms with E-state index in [-0.39, 0.29) is 11.9 Å². The fraction of sp³-hybridized carbons (Fsp3) is 0.250. The van der Waals surface area contributed by atoms with Gasteiger partial charge < -0.3 is 4.90 Å². The summed E-state index contributed by atoms with van der Waals surface area (Å²) in [6.07, 6.45) is 1.93. The summed E-state index contributed by atoms with van der Waals surface area (Å²) in [5, 5.41) is 9.12. The van der Waals surface area contributed by atoms with Crippen molar-refractivity contribution in [3.05, 3.63) is 64.6 Å². The van der Waals surface area contributed by atoms with Gasteiger partial charge in [0.2, 0.25) is 0 Å². The van der Waals surface area contributed by atoms with E-state index in [2.05, 4.69) is 15.2 Å². The lowest BCUT2D eigenvalue weighted by Crippen LogP contribution is -2.31. The summed E-state index contributed by atoms with van der Waals surface area (Å²) >= 11 is 1.48. The van der Waals surface area contributed by atoms with E-state index in [0.29, 0.717) is 5.69 Å². The molecule has 0 unspecified atom stereocenters. The number of rotatable bonds is 4. The highest BCUT2D eigenvalue weighted by molar-refractivity contribution is 7.15. The molecular formula is C20H21N5OS. The maximum Gasteiger partial charge on any atom is 0.271 e. The zero-order valence-corrected chi connectivity index (χ0v) is 16.5. The highest BCUT2D eigenvalue weighted by Gasteiger charge is 2.25. The molecule has 1 amide bonds. The van der Waals surface area contributed by atoms with Crippen molar-refractivity contribution in [2.75, 3.05) is 7.05 Å². The number of imidazole rings is 1. The van der Waals surface area contributed by atoms with Crippen LogP contribution in [0, 0.1) is 13.8 Å². The summed E-state index contributed by atoms with van der Waals surface area (Å²) in [6, 6.07) is 9.91. The molecule has 27 heavy (non-hydrogen) atoms. The maximum absolute atomic E-state index is 13.2. The number of nitrogens with zero attached hydrogens (tertiary/aromatic N) is 4. The first-order chi connectivity index (χ1) is 13.0. The quantitative estimate of drug-likeness (QED) is 0.577. The van der Waals surface area contributed by atoms with Gasteiger partial charge in [-0.3, -0.25) is 14.3 Å².